The molecule has 0 bridgehead atoms. The van der Waals surface area contributed by atoms with E-state index in [2.05, 4.69) is 77.4 Å². The van der Waals surface area contributed by atoms with Gasteiger partial charge in [0.05, 0.1) is 11.0 Å². The van der Waals surface area contributed by atoms with Crippen LogP contribution in [0.1, 0.15) is 5.56 Å². The second kappa shape index (κ2) is 6.39. The number of nitrogens with one attached hydrogen (secondary N) is 1. The van der Waals surface area contributed by atoms with Crippen molar-refractivity contribution >= 4 is 27.6 Å². The zero-order chi connectivity index (χ0) is 19.1. The van der Waals surface area contributed by atoms with Gasteiger partial charge in [-0.25, -0.2) is 0 Å². The average molecular weight is 361 g/mol. The van der Waals surface area contributed by atoms with E-state index in [9.17, 15) is 0 Å². The van der Waals surface area contributed by atoms with E-state index >= 15 is 0 Å². The number of hydrogen-bond acceptors (Lipinski definition) is 1. The van der Waals surface area contributed by atoms with Crippen molar-refractivity contribution in [2.24, 2.45) is 5.73 Å². The van der Waals surface area contributed by atoms with Gasteiger partial charge in [-0.3, -0.25) is 5.41 Å². The Hall–Kier alpha value is -3.85. The van der Waals surface area contributed by atoms with Crippen LogP contribution in [0.5, 0.6) is 0 Å². The lowest BCUT2D eigenvalue weighted by atomic mass is 9.98. The Morgan fingerprint density at radius 2 is 1.43 bits per heavy atom. The topological polar surface area (TPSA) is 54.8 Å². The van der Waals surface area contributed by atoms with Crippen LogP contribution in [-0.2, 0) is 0 Å². The van der Waals surface area contributed by atoms with Gasteiger partial charge in [0.25, 0.3) is 0 Å². The lowest BCUT2D eigenvalue weighted by molar-refractivity contribution is 1.18. The summed E-state index contributed by atoms with van der Waals surface area (Å²) in [6.45, 7) is 0. The maximum Gasteiger partial charge on any atom is 0.122 e. The van der Waals surface area contributed by atoms with Crippen molar-refractivity contribution in [2.75, 3.05) is 0 Å². The zero-order valence-corrected chi connectivity index (χ0v) is 15.3. The van der Waals surface area contributed by atoms with Crippen LogP contribution >= 0.6 is 0 Å². The fourth-order valence-corrected chi connectivity index (χ4v) is 3.97. The first-order valence-electron chi connectivity index (χ1n) is 9.26. The highest BCUT2D eigenvalue weighted by molar-refractivity contribution is 6.16. The molecule has 0 radical (unpaired) electrons. The highest BCUT2D eigenvalue weighted by Crippen LogP contribution is 2.38. The first-order valence-corrected chi connectivity index (χ1v) is 9.26. The summed E-state index contributed by atoms with van der Waals surface area (Å²) in [6, 6.07) is 33.2. The number of nitrogen functional groups attached to an aromatic ring is 1. The molecule has 1 aromatic heterocycles. The number of nitrogens with zero attached hydrogens (tertiary/aromatic N) is 1. The van der Waals surface area contributed by atoms with Crippen LogP contribution < -0.4 is 5.73 Å². The molecule has 5 aromatic rings. The quantitative estimate of drug-likeness (QED) is 0.313. The minimum atomic E-state index is 0.0840. The Morgan fingerprint density at radius 1 is 0.714 bits per heavy atom. The van der Waals surface area contributed by atoms with Crippen molar-refractivity contribution in [3.8, 4) is 16.8 Å². The Balaban J connectivity index is 1.90. The standard InChI is InChI=1S/C25H19N3/c26-25(27)18-9-6-8-17(16-18)20-13-7-15-23-24(20)21-12-4-5-14-22(21)28(23)19-10-2-1-3-11-19/h1-16H,(H3,26,27). The van der Waals surface area contributed by atoms with Gasteiger partial charge in [0.1, 0.15) is 5.84 Å². The van der Waals surface area contributed by atoms with Gasteiger partial charge in [0.2, 0.25) is 0 Å². The third kappa shape index (κ3) is 2.48. The van der Waals surface area contributed by atoms with Crippen molar-refractivity contribution < 1.29 is 0 Å². The smallest absolute Gasteiger partial charge is 0.122 e. The lowest BCUT2D eigenvalue weighted by Gasteiger charge is -2.09. The SMILES string of the molecule is N=C(N)c1cccc(-c2cccc3c2c2ccccc2n3-c2ccccc2)c1. The molecule has 3 N–H and O–H groups in total. The number of amidine groups is 1. The van der Waals surface area contributed by atoms with Gasteiger partial charge in [-0.2, -0.15) is 0 Å². The molecule has 0 spiro atoms. The van der Waals surface area contributed by atoms with E-state index in [1.54, 1.807) is 0 Å². The number of hydrogen-bond donors (Lipinski definition) is 2. The normalized spacial score (nSPS) is 11.1. The molecule has 0 aliphatic heterocycles. The second-order valence-corrected chi connectivity index (χ2v) is 6.88. The van der Waals surface area contributed by atoms with Crippen LogP contribution in [-0.4, -0.2) is 10.4 Å². The predicted molar refractivity (Wildman–Crippen MR) is 117 cm³/mol. The molecule has 0 aliphatic carbocycles. The molecule has 3 nitrogen and oxygen atoms in total. The van der Waals surface area contributed by atoms with Crippen LogP contribution in [0.4, 0.5) is 0 Å². The largest absolute Gasteiger partial charge is 0.384 e. The van der Waals surface area contributed by atoms with Gasteiger partial charge >= 0.3 is 0 Å². The predicted octanol–water partition coefficient (Wildman–Crippen LogP) is 5.73. The lowest BCUT2D eigenvalue weighted by Crippen LogP contribution is -2.10. The summed E-state index contributed by atoms with van der Waals surface area (Å²) in [4.78, 5) is 0. The maximum absolute atomic E-state index is 7.78. The molecule has 0 atom stereocenters. The molecule has 0 amide bonds. The van der Waals surface area contributed by atoms with Crippen molar-refractivity contribution in [1.29, 1.82) is 5.41 Å². The first kappa shape index (κ1) is 16.3. The molecule has 0 saturated heterocycles. The number of nitrogens with two attached hydrogens (primary N) is 1. The van der Waals surface area contributed by atoms with Gasteiger partial charge in [-0.15, -0.1) is 0 Å². The van der Waals surface area contributed by atoms with Crippen molar-refractivity contribution in [3.63, 3.8) is 0 Å². The van der Waals surface area contributed by atoms with Crippen molar-refractivity contribution in [3.05, 3.63) is 103 Å². The first-order chi connectivity index (χ1) is 13.7. The highest BCUT2D eigenvalue weighted by atomic mass is 15.0. The van der Waals surface area contributed by atoms with E-state index in [0.29, 0.717) is 0 Å². The summed E-state index contributed by atoms with van der Waals surface area (Å²) in [6.07, 6.45) is 0. The second-order valence-electron chi connectivity index (χ2n) is 6.88. The monoisotopic (exact) mass is 361 g/mol. The molecule has 0 unspecified atom stereocenters. The Morgan fingerprint density at radius 3 is 2.25 bits per heavy atom. The summed E-state index contributed by atoms with van der Waals surface area (Å²) in [5.41, 5.74) is 12.2. The van der Waals surface area contributed by atoms with Crippen LogP contribution in [0, 0.1) is 5.41 Å². The Kier molecular flexibility index (Phi) is 3.73. The molecule has 0 saturated carbocycles. The summed E-state index contributed by atoms with van der Waals surface area (Å²) in [7, 11) is 0. The Labute approximate surface area is 163 Å². The van der Waals surface area contributed by atoms with Crippen molar-refractivity contribution in [1.82, 2.24) is 4.57 Å². The fraction of sp³-hybridized carbons (Fsp3) is 0. The number of para-hydroxylation sites is 2. The van der Waals surface area contributed by atoms with Gasteiger partial charge < -0.3 is 10.3 Å². The summed E-state index contributed by atoms with van der Waals surface area (Å²) in [5, 5.41) is 10.2. The van der Waals surface area contributed by atoms with Crippen LogP contribution in [0.2, 0.25) is 0 Å². The summed E-state index contributed by atoms with van der Waals surface area (Å²) >= 11 is 0. The third-order valence-electron chi connectivity index (χ3n) is 5.20. The summed E-state index contributed by atoms with van der Waals surface area (Å²) in [5.74, 6) is 0.0840. The van der Waals surface area contributed by atoms with Crippen LogP contribution in [0.15, 0.2) is 97.1 Å². The van der Waals surface area contributed by atoms with E-state index < -0.39 is 0 Å². The molecule has 134 valence electrons. The van der Waals surface area contributed by atoms with E-state index in [0.717, 1.165) is 27.9 Å². The van der Waals surface area contributed by atoms with E-state index in [1.165, 1.54) is 16.3 Å². The molecule has 5 rings (SSSR count). The zero-order valence-electron chi connectivity index (χ0n) is 15.3. The highest BCUT2D eigenvalue weighted by Gasteiger charge is 2.15. The van der Waals surface area contributed by atoms with E-state index in [1.807, 2.05) is 24.3 Å². The molecule has 4 aromatic carbocycles. The van der Waals surface area contributed by atoms with E-state index in [-0.39, 0.29) is 5.84 Å². The summed E-state index contributed by atoms with van der Waals surface area (Å²) < 4.78 is 2.31. The molecule has 28 heavy (non-hydrogen) atoms. The number of benzene rings is 4. The van der Waals surface area contributed by atoms with Crippen molar-refractivity contribution in [2.45, 2.75) is 0 Å². The minimum Gasteiger partial charge on any atom is -0.384 e. The maximum atomic E-state index is 7.78. The molecule has 1 heterocycles. The Bertz CT molecular complexity index is 1330. The fourth-order valence-electron chi connectivity index (χ4n) is 3.97. The van der Waals surface area contributed by atoms with Gasteiger partial charge in [-0.1, -0.05) is 66.7 Å². The average Bonchev–Trinajstić information content (AvgIpc) is 3.09. The molecular formula is C25H19N3. The van der Waals surface area contributed by atoms with E-state index in [4.69, 9.17) is 11.1 Å². The van der Waals surface area contributed by atoms with Crippen LogP contribution in [0.25, 0.3) is 38.6 Å². The molecule has 0 aliphatic rings. The minimum absolute atomic E-state index is 0.0840. The number of aromatic nitrogens is 1. The number of fused-ring (bicyclic) bond motifs is 3. The molecule has 0 fully saturated rings. The van der Waals surface area contributed by atoms with Gasteiger partial charge in [-0.05, 0) is 41.5 Å². The van der Waals surface area contributed by atoms with Gasteiger partial charge in [0, 0.05) is 22.0 Å². The van der Waals surface area contributed by atoms with Gasteiger partial charge in [0.15, 0.2) is 0 Å². The molecule has 3 heteroatoms. The van der Waals surface area contributed by atoms with Crippen LogP contribution in [0.3, 0.4) is 0 Å². The number of rotatable bonds is 3. The molecular weight excluding hydrogens is 342 g/mol. The third-order valence-corrected chi connectivity index (χ3v) is 5.20.